The van der Waals surface area contributed by atoms with Crippen molar-refractivity contribution in [2.24, 2.45) is 0 Å². The minimum Gasteiger partial charge on any atom is -0.378 e. The topological polar surface area (TPSA) is 92.8 Å². The fourth-order valence-electron chi connectivity index (χ4n) is 3.31. The van der Waals surface area contributed by atoms with Crippen molar-refractivity contribution in [3.05, 3.63) is 82.9 Å². The number of hydrogen-bond donors (Lipinski definition) is 0. The molecule has 0 unspecified atom stereocenters. The van der Waals surface area contributed by atoms with Crippen LogP contribution in [0.15, 0.2) is 36.4 Å². The van der Waals surface area contributed by atoms with E-state index in [-0.39, 0.29) is 32.6 Å². The van der Waals surface area contributed by atoms with Gasteiger partial charge in [0.1, 0.15) is 0 Å². The largest absolute Gasteiger partial charge is 2.00 e. The zero-order valence-corrected chi connectivity index (χ0v) is 21.6. The molecule has 0 aliphatic heterocycles. The number of aromatic nitrogens is 6. The van der Waals surface area contributed by atoms with E-state index in [2.05, 4.69) is 41.3 Å². The maximum atomic E-state index is 9.13. The minimum atomic E-state index is -0.581. The number of nitriles is 1. The number of aryl methyl sites for hydroxylation is 1. The molecule has 0 bridgehead atoms. The molecular weight excluding hydrogens is 609 g/mol. The van der Waals surface area contributed by atoms with Crippen molar-refractivity contribution >= 4 is 11.5 Å². The van der Waals surface area contributed by atoms with Crippen LogP contribution in [0.1, 0.15) is 36.5 Å². The Kier molecular flexibility index (Phi) is 7.00. The molecule has 0 radical (unpaired) electrons. The molecule has 0 atom stereocenters. The summed E-state index contributed by atoms with van der Waals surface area (Å²) in [6, 6.07) is 12.9. The fourth-order valence-corrected chi connectivity index (χ4v) is 3.31. The molecule has 4 aromatic rings. The monoisotopic (exact) mass is 630 g/mol. The van der Waals surface area contributed by atoms with Crippen molar-refractivity contribution in [3.63, 3.8) is 0 Å². The van der Waals surface area contributed by atoms with E-state index in [1.54, 1.807) is 0 Å². The molecule has 0 saturated heterocycles. The van der Waals surface area contributed by atoms with E-state index in [1.165, 1.54) is 21.5 Å². The molecule has 0 aliphatic carbocycles. The molecule has 0 N–H and O–H groups in total. The van der Waals surface area contributed by atoms with Gasteiger partial charge in [-0.1, -0.05) is 30.5 Å². The van der Waals surface area contributed by atoms with E-state index in [0.717, 1.165) is 22.6 Å². The maximum Gasteiger partial charge on any atom is 2.00 e. The summed E-state index contributed by atoms with van der Waals surface area (Å²) in [6.07, 6.45) is 5.90. The summed E-state index contributed by atoms with van der Waals surface area (Å²) in [5.74, 6) is 1.40. The summed E-state index contributed by atoms with van der Waals surface area (Å²) < 4.78 is 2.96. The van der Waals surface area contributed by atoms with Crippen molar-refractivity contribution in [1.29, 1.82) is 5.26 Å². The Labute approximate surface area is 212 Å². The van der Waals surface area contributed by atoms with Gasteiger partial charge in [-0.2, -0.15) is 0 Å². The van der Waals surface area contributed by atoms with E-state index < -0.39 is 5.41 Å². The maximum absolute atomic E-state index is 9.13. The van der Waals surface area contributed by atoms with Crippen LogP contribution in [-0.4, -0.2) is 43.6 Å². The van der Waals surface area contributed by atoms with Crippen molar-refractivity contribution in [3.8, 4) is 17.7 Å². The van der Waals surface area contributed by atoms with E-state index in [0.29, 0.717) is 11.6 Å². The first-order valence-corrected chi connectivity index (χ1v) is 10.1. The normalized spacial score (nSPS) is 10.8. The van der Waals surface area contributed by atoms with Gasteiger partial charge in [0, 0.05) is 36.6 Å². The summed E-state index contributed by atoms with van der Waals surface area (Å²) in [6.45, 7) is 13.2. The molecule has 4 heterocycles. The Hall–Kier alpha value is -3.81. The smallest absolute Gasteiger partial charge is 0.378 e. The van der Waals surface area contributed by atoms with E-state index in [9.17, 15) is 0 Å². The first kappa shape index (κ1) is 24.8. The second-order valence-electron chi connectivity index (χ2n) is 8.31. The predicted molar refractivity (Wildman–Crippen MR) is 123 cm³/mol. The Morgan fingerprint density at radius 2 is 1.62 bits per heavy atom. The zero-order valence-electron chi connectivity index (χ0n) is 19.3. The Bertz CT molecular complexity index is 1420. The van der Waals surface area contributed by atoms with Crippen molar-refractivity contribution in [2.45, 2.75) is 26.2 Å². The van der Waals surface area contributed by atoms with Gasteiger partial charge in [0.25, 0.3) is 0 Å². The minimum absolute atomic E-state index is 0. The Balaban J connectivity index is 0.00000324. The van der Waals surface area contributed by atoms with Crippen LogP contribution in [0.5, 0.6) is 0 Å². The van der Waals surface area contributed by atoms with Crippen LogP contribution in [0, 0.1) is 37.2 Å². The molecule has 0 amide bonds. The summed E-state index contributed by atoms with van der Waals surface area (Å²) in [7, 11) is 3.91. The van der Waals surface area contributed by atoms with Gasteiger partial charge in [-0.25, -0.2) is 15.0 Å². The molecule has 4 aromatic heterocycles. The third-order valence-electron chi connectivity index (χ3n) is 5.26. The number of pyridine rings is 2. The van der Waals surface area contributed by atoms with Crippen LogP contribution in [0.2, 0.25) is 0 Å². The van der Waals surface area contributed by atoms with Crippen LogP contribution < -0.4 is 4.90 Å². The molecule has 0 aromatic carbocycles. The standard InChI is InChI=1S/C24H21N9.Pt/c1-16-11-19(27-22(12-16)33-10-8-21(26-4)30-33)24(2,3)20-13-18(31(5)6)14-23(28-20)32-9-7-17(15-25)29-32;/h7-8,11-14H,1-3,5-6H3;/q-2;+2. The molecule has 9 nitrogen and oxygen atoms in total. The summed E-state index contributed by atoms with van der Waals surface area (Å²) in [5.41, 5.74) is 3.19. The predicted octanol–water partition coefficient (Wildman–Crippen LogP) is 3.57. The molecule has 34 heavy (non-hydrogen) atoms. The fraction of sp³-hybridized carbons (Fsp3) is 0.250. The van der Waals surface area contributed by atoms with Gasteiger partial charge < -0.3 is 14.4 Å². The average Bonchev–Trinajstić information content (AvgIpc) is 3.48. The van der Waals surface area contributed by atoms with Gasteiger partial charge in [-0.05, 0) is 50.3 Å². The number of anilines is 1. The van der Waals surface area contributed by atoms with Crippen LogP contribution in [0.4, 0.5) is 11.5 Å². The summed E-state index contributed by atoms with van der Waals surface area (Å²) in [5, 5.41) is 17.6. The second kappa shape index (κ2) is 9.59. The molecule has 0 saturated carbocycles. The van der Waals surface area contributed by atoms with Crippen LogP contribution >= 0.6 is 0 Å². The van der Waals surface area contributed by atoms with Crippen molar-refractivity contribution in [2.75, 3.05) is 19.0 Å². The number of nitrogens with zero attached hydrogens (tertiary/aromatic N) is 9. The Morgan fingerprint density at radius 3 is 2.21 bits per heavy atom. The van der Waals surface area contributed by atoms with Gasteiger partial charge in [-0.3, -0.25) is 9.97 Å². The second-order valence-corrected chi connectivity index (χ2v) is 8.31. The van der Waals surface area contributed by atoms with Gasteiger partial charge >= 0.3 is 26.9 Å². The van der Waals surface area contributed by atoms with E-state index >= 15 is 0 Å². The zero-order chi connectivity index (χ0) is 23.8. The third-order valence-corrected chi connectivity index (χ3v) is 5.26. The molecule has 10 heteroatoms. The van der Waals surface area contributed by atoms with Crippen molar-refractivity contribution in [1.82, 2.24) is 29.5 Å². The molecule has 0 fully saturated rings. The quantitative estimate of drug-likeness (QED) is 0.314. The van der Waals surface area contributed by atoms with E-state index in [1.807, 2.05) is 56.3 Å². The van der Waals surface area contributed by atoms with Crippen LogP contribution in [0.25, 0.3) is 16.5 Å². The summed E-state index contributed by atoms with van der Waals surface area (Å²) in [4.78, 5) is 15.0. The number of rotatable bonds is 5. The molecule has 172 valence electrons. The Morgan fingerprint density at radius 1 is 1.00 bits per heavy atom. The molecule has 0 spiro atoms. The van der Waals surface area contributed by atoms with Gasteiger partial charge in [0.05, 0.1) is 23.4 Å². The SMILES string of the molecule is [C-]#[N+]c1c[c-]n(-c2cc(C)cc(C(C)(C)c3cc(N(C)C)cc(-n4[c-]cc(C#N)n4)n3)n2)n1.[Pt+2]. The van der Waals surface area contributed by atoms with Crippen molar-refractivity contribution < 1.29 is 21.1 Å². The average molecular weight is 631 g/mol. The van der Waals surface area contributed by atoms with Gasteiger partial charge in [-0.15, -0.1) is 6.07 Å². The molecular formula is C24H21N9Pt. The third kappa shape index (κ3) is 4.76. The van der Waals surface area contributed by atoms with Crippen LogP contribution in [-0.2, 0) is 26.5 Å². The molecule has 4 rings (SSSR count). The molecule has 0 aliphatic rings. The van der Waals surface area contributed by atoms with Crippen LogP contribution in [0.3, 0.4) is 0 Å². The first-order valence-electron chi connectivity index (χ1n) is 10.1. The first-order chi connectivity index (χ1) is 15.7. The van der Waals surface area contributed by atoms with Gasteiger partial charge in [0.2, 0.25) is 0 Å². The number of hydrogen-bond acceptors (Lipinski definition) is 6. The summed E-state index contributed by atoms with van der Waals surface area (Å²) >= 11 is 0. The van der Waals surface area contributed by atoms with E-state index in [4.69, 9.17) is 21.8 Å². The van der Waals surface area contributed by atoms with Gasteiger partial charge in [0.15, 0.2) is 0 Å².